The highest BCUT2D eigenvalue weighted by Crippen LogP contribution is 2.44. The van der Waals surface area contributed by atoms with Gasteiger partial charge in [-0.1, -0.05) is 12.1 Å². The van der Waals surface area contributed by atoms with Gasteiger partial charge in [0, 0.05) is 0 Å². The quantitative estimate of drug-likeness (QED) is 0.880. The van der Waals surface area contributed by atoms with Crippen molar-refractivity contribution in [3.05, 3.63) is 35.9 Å². The Bertz CT molecular complexity index is 655. The second kappa shape index (κ2) is 6.93. The van der Waals surface area contributed by atoms with Gasteiger partial charge in [0.05, 0.1) is 39.8 Å². The van der Waals surface area contributed by atoms with Gasteiger partial charge < -0.3 is 24.3 Å². The number of aryl methyl sites for hydroxylation is 1. The van der Waals surface area contributed by atoms with E-state index in [9.17, 15) is 0 Å². The van der Waals surface area contributed by atoms with Gasteiger partial charge in [0.25, 0.3) is 0 Å². The standard InChI is InChI=1S/C17H21NO4/c1-11-7-6-8-12(15(11)20-3)18-13-9-10-14(19-2)17(22-5)16(13)21-4/h6-10,18H,1-5H3. The molecule has 1 N–H and O–H groups in total. The lowest BCUT2D eigenvalue weighted by molar-refractivity contribution is 0.325. The fourth-order valence-electron chi connectivity index (χ4n) is 2.37. The van der Waals surface area contributed by atoms with Gasteiger partial charge in [0.2, 0.25) is 5.75 Å². The summed E-state index contributed by atoms with van der Waals surface area (Å²) in [5.74, 6) is 2.52. The number of methoxy groups -OCH3 is 4. The van der Waals surface area contributed by atoms with Gasteiger partial charge in [-0.3, -0.25) is 0 Å². The Hall–Kier alpha value is -2.56. The summed E-state index contributed by atoms with van der Waals surface area (Å²) in [5.41, 5.74) is 2.67. The number of benzene rings is 2. The highest BCUT2D eigenvalue weighted by atomic mass is 16.5. The van der Waals surface area contributed by atoms with Crippen molar-refractivity contribution in [2.24, 2.45) is 0 Å². The summed E-state index contributed by atoms with van der Waals surface area (Å²) in [7, 11) is 6.42. The SMILES string of the molecule is COc1ccc(Nc2cccc(C)c2OC)c(OC)c1OC. The molecule has 0 atom stereocenters. The fourth-order valence-corrected chi connectivity index (χ4v) is 2.37. The zero-order valence-corrected chi connectivity index (χ0v) is 13.5. The summed E-state index contributed by atoms with van der Waals surface area (Å²) in [5, 5.41) is 3.32. The Labute approximate surface area is 130 Å². The minimum atomic E-state index is 0.543. The molecule has 0 bridgehead atoms. The van der Waals surface area contributed by atoms with Gasteiger partial charge in [-0.15, -0.1) is 0 Å². The van der Waals surface area contributed by atoms with Crippen LogP contribution in [0, 0.1) is 6.92 Å². The van der Waals surface area contributed by atoms with Crippen LogP contribution in [0.3, 0.4) is 0 Å². The summed E-state index contributed by atoms with van der Waals surface area (Å²) >= 11 is 0. The van der Waals surface area contributed by atoms with Gasteiger partial charge in [0.1, 0.15) is 5.75 Å². The Balaban J connectivity index is 2.48. The van der Waals surface area contributed by atoms with Gasteiger partial charge in [0.15, 0.2) is 11.5 Å². The molecule has 0 spiro atoms. The lowest BCUT2D eigenvalue weighted by Crippen LogP contribution is -2.01. The number of hydrogen-bond acceptors (Lipinski definition) is 5. The third kappa shape index (κ3) is 2.88. The van der Waals surface area contributed by atoms with Crippen LogP contribution in [0.5, 0.6) is 23.0 Å². The van der Waals surface area contributed by atoms with E-state index in [2.05, 4.69) is 5.32 Å². The topological polar surface area (TPSA) is 49.0 Å². The van der Waals surface area contributed by atoms with Gasteiger partial charge in [-0.25, -0.2) is 0 Å². The molecule has 5 nitrogen and oxygen atoms in total. The van der Waals surface area contributed by atoms with E-state index in [0.717, 1.165) is 22.7 Å². The van der Waals surface area contributed by atoms with E-state index in [0.29, 0.717) is 17.2 Å². The Morgan fingerprint density at radius 1 is 0.682 bits per heavy atom. The van der Waals surface area contributed by atoms with E-state index in [-0.39, 0.29) is 0 Å². The van der Waals surface area contributed by atoms with Crippen molar-refractivity contribution in [3.63, 3.8) is 0 Å². The van der Waals surface area contributed by atoms with Crippen molar-refractivity contribution in [2.75, 3.05) is 33.8 Å². The van der Waals surface area contributed by atoms with E-state index in [1.165, 1.54) is 0 Å². The number of anilines is 2. The molecule has 0 aliphatic rings. The Morgan fingerprint density at radius 3 is 1.91 bits per heavy atom. The summed E-state index contributed by atoms with van der Waals surface area (Å²) in [4.78, 5) is 0. The average Bonchev–Trinajstić information content (AvgIpc) is 2.54. The van der Waals surface area contributed by atoms with Crippen LogP contribution in [0.25, 0.3) is 0 Å². The zero-order chi connectivity index (χ0) is 16.1. The van der Waals surface area contributed by atoms with Crippen LogP contribution < -0.4 is 24.3 Å². The lowest BCUT2D eigenvalue weighted by atomic mass is 10.1. The Morgan fingerprint density at radius 2 is 1.32 bits per heavy atom. The minimum absolute atomic E-state index is 0.543. The summed E-state index contributed by atoms with van der Waals surface area (Å²) in [6.07, 6.45) is 0. The van der Waals surface area contributed by atoms with Crippen molar-refractivity contribution >= 4 is 11.4 Å². The summed E-state index contributed by atoms with van der Waals surface area (Å²) < 4.78 is 21.6. The van der Waals surface area contributed by atoms with E-state index < -0.39 is 0 Å². The van der Waals surface area contributed by atoms with Gasteiger partial charge in [-0.2, -0.15) is 0 Å². The van der Waals surface area contributed by atoms with E-state index >= 15 is 0 Å². The Kier molecular flexibility index (Phi) is 4.99. The number of hydrogen-bond donors (Lipinski definition) is 1. The third-order valence-electron chi connectivity index (χ3n) is 3.39. The average molecular weight is 303 g/mol. The summed E-state index contributed by atoms with van der Waals surface area (Å²) in [6.45, 7) is 2.00. The smallest absolute Gasteiger partial charge is 0.205 e. The van der Waals surface area contributed by atoms with Crippen LogP contribution in [-0.2, 0) is 0 Å². The predicted octanol–water partition coefficient (Wildman–Crippen LogP) is 3.77. The molecule has 0 heterocycles. The predicted molar refractivity (Wildman–Crippen MR) is 87.1 cm³/mol. The highest BCUT2D eigenvalue weighted by Gasteiger charge is 2.17. The molecule has 0 aliphatic heterocycles. The number of rotatable bonds is 6. The maximum Gasteiger partial charge on any atom is 0.205 e. The molecule has 0 fully saturated rings. The molecular weight excluding hydrogens is 282 g/mol. The largest absolute Gasteiger partial charge is 0.494 e. The van der Waals surface area contributed by atoms with Crippen molar-refractivity contribution in [1.82, 2.24) is 0 Å². The molecule has 0 amide bonds. The van der Waals surface area contributed by atoms with Gasteiger partial charge >= 0.3 is 0 Å². The van der Waals surface area contributed by atoms with Crippen LogP contribution in [0.2, 0.25) is 0 Å². The normalized spacial score (nSPS) is 10.0. The zero-order valence-electron chi connectivity index (χ0n) is 13.5. The van der Waals surface area contributed by atoms with Crippen molar-refractivity contribution in [1.29, 1.82) is 0 Å². The van der Waals surface area contributed by atoms with E-state index in [1.54, 1.807) is 28.4 Å². The second-order valence-electron chi connectivity index (χ2n) is 4.66. The highest BCUT2D eigenvalue weighted by molar-refractivity contribution is 5.76. The van der Waals surface area contributed by atoms with E-state index in [4.69, 9.17) is 18.9 Å². The molecule has 2 aromatic rings. The molecule has 5 heteroatoms. The molecule has 0 saturated carbocycles. The van der Waals surface area contributed by atoms with Crippen molar-refractivity contribution in [3.8, 4) is 23.0 Å². The van der Waals surface area contributed by atoms with Crippen LogP contribution in [-0.4, -0.2) is 28.4 Å². The fraction of sp³-hybridized carbons (Fsp3) is 0.294. The molecule has 22 heavy (non-hydrogen) atoms. The molecule has 0 aliphatic carbocycles. The van der Waals surface area contributed by atoms with E-state index in [1.807, 2.05) is 37.3 Å². The molecule has 118 valence electrons. The molecular formula is C17H21NO4. The first kappa shape index (κ1) is 15.8. The molecule has 2 rings (SSSR count). The second-order valence-corrected chi connectivity index (χ2v) is 4.66. The van der Waals surface area contributed by atoms with Crippen LogP contribution in [0.15, 0.2) is 30.3 Å². The first-order valence-corrected chi connectivity index (χ1v) is 6.85. The molecule has 0 aromatic heterocycles. The number of nitrogens with one attached hydrogen (secondary N) is 1. The van der Waals surface area contributed by atoms with Crippen LogP contribution >= 0.6 is 0 Å². The van der Waals surface area contributed by atoms with Gasteiger partial charge in [-0.05, 0) is 30.7 Å². The third-order valence-corrected chi connectivity index (χ3v) is 3.39. The first-order chi connectivity index (χ1) is 10.7. The maximum atomic E-state index is 5.48. The number of para-hydroxylation sites is 1. The molecule has 0 unspecified atom stereocenters. The van der Waals surface area contributed by atoms with Crippen molar-refractivity contribution < 1.29 is 18.9 Å². The van der Waals surface area contributed by atoms with Crippen LogP contribution in [0.1, 0.15) is 5.56 Å². The minimum Gasteiger partial charge on any atom is -0.494 e. The number of ether oxygens (including phenoxy) is 4. The van der Waals surface area contributed by atoms with Crippen LogP contribution in [0.4, 0.5) is 11.4 Å². The van der Waals surface area contributed by atoms with Crippen molar-refractivity contribution in [2.45, 2.75) is 6.92 Å². The maximum absolute atomic E-state index is 5.48. The summed E-state index contributed by atoms with van der Waals surface area (Å²) in [6, 6.07) is 9.61. The molecule has 2 aromatic carbocycles. The first-order valence-electron chi connectivity index (χ1n) is 6.85. The lowest BCUT2D eigenvalue weighted by Gasteiger charge is -2.18. The molecule has 0 radical (unpaired) electrons. The monoisotopic (exact) mass is 303 g/mol. The molecule has 0 saturated heterocycles.